The van der Waals surface area contributed by atoms with Gasteiger partial charge in [0, 0.05) is 27.7 Å². The second-order valence-corrected chi connectivity index (χ2v) is 6.12. The zero-order valence-corrected chi connectivity index (χ0v) is 14.7. The van der Waals surface area contributed by atoms with E-state index >= 15 is 0 Å². The van der Waals surface area contributed by atoms with Crippen LogP contribution in [0.15, 0.2) is 59.8 Å². The molecule has 1 aromatic heterocycles. The van der Waals surface area contributed by atoms with Crippen LogP contribution in [0.4, 0.5) is 0 Å². The molecule has 0 radical (unpaired) electrons. The molecule has 25 heavy (non-hydrogen) atoms. The van der Waals surface area contributed by atoms with Crippen LogP contribution >= 0.6 is 23.8 Å². The Balaban J connectivity index is 1.54. The first-order valence-electron chi connectivity index (χ1n) is 7.56. The number of para-hydroxylation sites is 1. The van der Waals surface area contributed by atoms with Gasteiger partial charge in [0.25, 0.3) is 0 Å². The number of carbonyl (C=O) groups excluding carboxylic acids is 1. The third-order valence-corrected chi connectivity index (χ3v) is 4.09. The van der Waals surface area contributed by atoms with E-state index < -0.39 is 0 Å². The lowest BCUT2D eigenvalue weighted by Crippen LogP contribution is -2.37. The molecule has 3 aromatic rings. The quantitative estimate of drug-likeness (QED) is 0.374. The molecular formula is C18H15ClN4OS. The number of aromatic amines is 1. The van der Waals surface area contributed by atoms with Gasteiger partial charge in [-0.3, -0.25) is 10.2 Å². The van der Waals surface area contributed by atoms with E-state index in [2.05, 4.69) is 20.8 Å². The Kier molecular flexibility index (Phi) is 5.42. The molecule has 0 spiro atoms. The zero-order chi connectivity index (χ0) is 17.6. The molecule has 3 rings (SSSR count). The molecule has 3 N–H and O–H groups in total. The lowest BCUT2D eigenvalue weighted by molar-refractivity contribution is -0.119. The predicted molar refractivity (Wildman–Crippen MR) is 105 cm³/mol. The van der Waals surface area contributed by atoms with Gasteiger partial charge in [-0.05, 0) is 29.9 Å². The molecule has 7 heteroatoms. The molecule has 0 saturated heterocycles. The van der Waals surface area contributed by atoms with E-state index in [1.165, 1.54) is 0 Å². The number of halogens is 1. The topological polar surface area (TPSA) is 69.3 Å². The van der Waals surface area contributed by atoms with E-state index in [1.54, 1.807) is 12.3 Å². The fourth-order valence-corrected chi connectivity index (χ4v) is 2.74. The van der Waals surface area contributed by atoms with Crippen molar-refractivity contribution in [3.63, 3.8) is 0 Å². The average Bonchev–Trinajstić information content (AvgIpc) is 2.99. The highest BCUT2D eigenvalue weighted by Crippen LogP contribution is 2.17. The van der Waals surface area contributed by atoms with Crippen LogP contribution in [0.25, 0.3) is 10.9 Å². The van der Waals surface area contributed by atoms with Gasteiger partial charge in [0.2, 0.25) is 5.91 Å². The SMILES string of the molecule is O=C(Cc1c[nH]c2ccccc12)NC(=S)N/N=C/c1ccccc1Cl. The molecule has 2 aromatic carbocycles. The number of carbonyl (C=O) groups is 1. The summed E-state index contributed by atoms with van der Waals surface area (Å²) in [4.78, 5) is 15.3. The van der Waals surface area contributed by atoms with Gasteiger partial charge in [-0.15, -0.1) is 0 Å². The summed E-state index contributed by atoms with van der Waals surface area (Å²) in [6.45, 7) is 0. The Morgan fingerprint density at radius 1 is 1.20 bits per heavy atom. The smallest absolute Gasteiger partial charge is 0.230 e. The molecule has 0 unspecified atom stereocenters. The van der Waals surface area contributed by atoms with Gasteiger partial charge in [-0.25, -0.2) is 0 Å². The van der Waals surface area contributed by atoms with Gasteiger partial charge in [0.15, 0.2) is 5.11 Å². The molecule has 0 atom stereocenters. The third kappa shape index (κ3) is 4.43. The minimum Gasteiger partial charge on any atom is -0.361 e. The molecule has 0 aliphatic carbocycles. The molecule has 126 valence electrons. The maximum Gasteiger partial charge on any atom is 0.230 e. The van der Waals surface area contributed by atoms with Gasteiger partial charge >= 0.3 is 0 Å². The van der Waals surface area contributed by atoms with E-state index in [0.717, 1.165) is 22.0 Å². The number of aromatic nitrogens is 1. The number of thiocarbonyl (C=S) groups is 1. The Hall–Kier alpha value is -2.70. The summed E-state index contributed by atoms with van der Waals surface area (Å²) in [5.74, 6) is -0.213. The number of hydrazone groups is 1. The maximum absolute atomic E-state index is 12.1. The number of hydrogen-bond acceptors (Lipinski definition) is 3. The first kappa shape index (κ1) is 17.1. The largest absolute Gasteiger partial charge is 0.361 e. The molecule has 0 bridgehead atoms. The number of nitrogens with one attached hydrogen (secondary N) is 3. The Morgan fingerprint density at radius 3 is 2.80 bits per heavy atom. The first-order valence-corrected chi connectivity index (χ1v) is 8.34. The van der Waals surface area contributed by atoms with Crippen LogP contribution in [0.2, 0.25) is 5.02 Å². The molecule has 0 saturated carbocycles. The minimum absolute atomic E-state index is 0.133. The zero-order valence-electron chi connectivity index (χ0n) is 13.1. The van der Waals surface area contributed by atoms with E-state index in [0.29, 0.717) is 5.02 Å². The first-order chi connectivity index (χ1) is 12.1. The molecular weight excluding hydrogens is 356 g/mol. The summed E-state index contributed by atoms with van der Waals surface area (Å²) >= 11 is 11.1. The molecule has 0 aliphatic rings. The van der Waals surface area contributed by atoms with Crippen LogP contribution in [-0.2, 0) is 11.2 Å². The maximum atomic E-state index is 12.1. The average molecular weight is 371 g/mol. The van der Waals surface area contributed by atoms with E-state index in [4.69, 9.17) is 23.8 Å². The van der Waals surface area contributed by atoms with Gasteiger partial charge in [0.05, 0.1) is 12.6 Å². The van der Waals surface area contributed by atoms with Crippen molar-refractivity contribution in [3.8, 4) is 0 Å². The van der Waals surface area contributed by atoms with Crippen molar-refractivity contribution in [2.75, 3.05) is 0 Å². The van der Waals surface area contributed by atoms with Crippen molar-refractivity contribution >= 4 is 52.0 Å². The Labute approximate surface area is 155 Å². The highest BCUT2D eigenvalue weighted by molar-refractivity contribution is 7.80. The van der Waals surface area contributed by atoms with Crippen molar-refractivity contribution < 1.29 is 4.79 Å². The molecule has 1 heterocycles. The number of rotatable bonds is 4. The second kappa shape index (κ2) is 7.92. The predicted octanol–water partition coefficient (Wildman–Crippen LogP) is 3.39. The van der Waals surface area contributed by atoms with Crippen molar-refractivity contribution in [3.05, 3.63) is 70.9 Å². The number of fused-ring (bicyclic) bond motifs is 1. The lowest BCUT2D eigenvalue weighted by atomic mass is 10.1. The van der Waals surface area contributed by atoms with Crippen molar-refractivity contribution in [2.24, 2.45) is 5.10 Å². The number of nitrogens with zero attached hydrogens (tertiary/aromatic N) is 1. The van der Waals surface area contributed by atoms with Crippen LogP contribution < -0.4 is 10.7 Å². The van der Waals surface area contributed by atoms with Crippen LogP contribution in [0, 0.1) is 0 Å². The molecule has 0 aliphatic heterocycles. The van der Waals surface area contributed by atoms with Crippen molar-refractivity contribution in [1.29, 1.82) is 0 Å². The number of benzene rings is 2. The van der Waals surface area contributed by atoms with Crippen LogP contribution in [0.1, 0.15) is 11.1 Å². The van der Waals surface area contributed by atoms with Crippen LogP contribution in [0.5, 0.6) is 0 Å². The normalized spacial score (nSPS) is 10.9. The van der Waals surface area contributed by atoms with Crippen molar-refractivity contribution in [2.45, 2.75) is 6.42 Å². The molecule has 0 fully saturated rings. The van der Waals surface area contributed by atoms with Gasteiger partial charge < -0.3 is 10.3 Å². The summed E-state index contributed by atoms with van der Waals surface area (Å²) in [7, 11) is 0. The fraction of sp³-hybridized carbons (Fsp3) is 0.0556. The van der Waals surface area contributed by atoms with E-state index in [1.807, 2.05) is 48.7 Å². The van der Waals surface area contributed by atoms with Gasteiger partial charge in [-0.1, -0.05) is 48.0 Å². The summed E-state index contributed by atoms with van der Waals surface area (Å²) < 4.78 is 0. The van der Waals surface area contributed by atoms with Crippen molar-refractivity contribution in [1.82, 2.24) is 15.7 Å². The fourth-order valence-electron chi connectivity index (χ4n) is 2.39. The summed E-state index contributed by atoms with van der Waals surface area (Å²) in [6, 6.07) is 15.1. The third-order valence-electron chi connectivity index (χ3n) is 3.55. The highest BCUT2D eigenvalue weighted by Gasteiger charge is 2.09. The van der Waals surface area contributed by atoms with E-state index in [9.17, 15) is 4.79 Å². The standard InChI is InChI=1S/C18H15ClN4OS/c19-15-7-3-1-5-12(15)11-21-23-18(25)22-17(24)9-13-10-20-16-8-4-2-6-14(13)16/h1-8,10-11,20H,9H2,(H2,22,23,24,25)/b21-11+. The lowest BCUT2D eigenvalue weighted by Gasteiger charge is -2.05. The second-order valence-electron chi connectivity index (χ2n) is 5.31. The van der Waals surface area contributed by atoms with Crippen LogP contribution in [-0.4, -0.2) is 22.2 Å². The summed E-state index contributed by atoms with van der Waals surface area (Å²) in [5.41, 5.74) is 5.27. The highest BCUT2D eigenvalue weighted by atomic mass is 35.5. The summed E-state index contributed by atoms with van der Waals surface area (Å²) in [5, 5.41) is 8.32. The van der Waals surface area contributed by atoms with Gasteiger partial charge in [0.1, 0.15) is 0 Å². The monoisotopic (exact) mass is 370 g/mol. The van der Waals surface area contributed by atoms with E-state index in [-0.39, 0.29) is 17.4 Å². The number of hydrogen-bond donors (Lipinski definition) is 3. The molecule has 5 nitrogen and oxygen atoms in total. The number of amides is 1. The number of H-pyrrole nitrogens is 1. The Morgan fingerprint density at radius 2 is 1.96 bits per heavy atom. The Bertz CT molecular complexity index is 951. The summed E-state index contributed by atoms with van der Waals surface area (Å²) in [6.07, 6.45) is 3.59. The minimum atomic E-state index is -0.213. The van der Waals surface area contributed by atoms with Crippen LogP contribution in [0.3, 0.4) is 0 Å². The molecule has 1 amide bonds. The van der Waals surface area contributed by atoms with Gasteiger partial charge in [-0.2, -0.15) is 5.10 Å².